The highest BCUT2D eigenvalue weighted by molar-refractivity contribution is 14.0. The Balaban J connectivity index is 0.00000162. The zero-order chi connectivity index (χ0) is 12.4. The van der Waals surface area contributed by atoms with Crippen molar-refractivity contribution >= 4 is 52.6 Å². The number of rotatable bonds is 3. The Morgan fingerprint density at radius 3 is 2.17 bits per heavy atom. The van der Waals surface area contributed by atoms with Crippen molar-refractivity contribution in [1.29, 1.82) is 5.41 Å². The second-order valence-corrected chi connectivity index (χ2v) is 4.59. The molecule has 1 aliphatic heterocycles. The first kappa shape index (κ1) is 15.2. The fraction of sp³-hybridized carbons (Fsp3) is 0.250. The van der Waals surface area contributed by atoms with E-state index in [9.17, 15) is 9.59 Å². The van der Waals surface area contributed by atoms with Gasteiger partial charge < -0.3 is 0 Å². The van der Waals surface area contributed by atoms with Crippen LogP contribution in [0.5, 0.6) is 0 Å². The largest absolute Gasteiger partial charge is 0.298 e. The van der Waals surface area contributed by atoms with E-state index in [0.29, 0.717) is 22.6 Å². The van der Waals surface area contributed by atoms with Crippen LogP contribution in [0.15, 0.2) is 24.3 Å². The standard InChI is InChI=1S/C12H12N2O2S.HI/c1-17-10(13)6-7-14-11(15)8-4-2-3-5-9(8)12(14)16;/h2-5,13H,6-7H2,1H3;1H. The first-order valence-corrected chi connectivity index (χ1v) is 6.44. The summed E-state index contributed by atoms with van der Waals surface area (Å²) < 4.78 is 0. The smallest absolute Gasteiger partial charge is 0.261 e. The molecule has 0 fully saturated rings. The molecule has 0 aromatic heterocycles. The van der Waals surface area contributed by atoms with Crippen molar-refractivity contribution in [2.24, 2.45) is 0 Å². The maximum atomic E-state index is 11.9. The molecule has 4 nitrogen and oxygen atoms in total. The number of imide groups is 1. The van der Waals surface area contributed by atoms with Crippen LogP contribution in [0.4, 0.5) is 0 Å². The lowest BCUT2D eigenvalue weighted by Crippen LogP contribution is -2.31. The quantitative estimate of drug-likeness (QED) is 0.382. The van der Waals surface area contributed by atoms with Crippen molar-refractivity contribution in [2.75, 3.05) is 12.8 Å². The molecule has 0 saturated carbocycles. The number of carbonyl (C=O) groups is 2. The number of fused-ring (bicyclic) bond motifs is 1. The Kier molecular flexibility index (Phi) is 5.33. The van der Waals surface area contributed by atoms with E-state index in [1.165, 1.54) is 16.7 Å². The third-order valence-corrected chi connectivity index (χ3v) is 3.38. The number of benzene rings is 1. The van der Waals surface area contributed by atoms with Crippen LogP contribution in [-0.2, 0) is 0 Å². The van der Waals surface area contributed by atoms with Gasteiger partial charge in [0.05, 0.1) is 16.2 Å². The molecule has 0 atom stereocenters. The maximum absolute atomic E-state index is 11.9. The maximum Gasteiger partial charge on any atom is 0.261 e. The van der Waals surface area contributed by atoms with E-state index in [0.717, 1.165) is 0 Å². The van der Waals surface area contributed by atoms with Gasteiger partial charge in [-0.05, 0) is 18.4 Å². The Labute approximate surface area is 127 Å². The van der Waals surface area contributed by atoms with Gasteiger partial charge in [0.1, 0.15) is 0 Å². The van der Waals surface area contributed by atoms with Gasteiger partial charge in [-0.15, -0.1) is 35.7 Å². The fourth-order valence-corrected chi connectivity index (χ4v) is 2.05. The highest BCUT2D eigenvalue weighted by Gasteiger charge is 2.34. The SMILES string of the molecule is CSC(=N)CCN1C(=O)c2ccccc2C1=O.I. The Morgan fingerprint density at radius 1 is 1.22 bits per heavy atom. The molecule has 6 heteroatoms. The van der Waals surface area contributed by atoms with Gasteiger partial charge in [-0.3, -0.25) is 19.9 Å². The van der Waals surface area contributed by atoms with Crippen molar-refractivity contribution < 1.29 is 9.59 Å². The summed E-state index contributed by atoms with van der Waals surface area (Å²) in [6, 6.07) is 6.82. The van der Waals surface area contributed by atoms with Crippen LogP contribution in [0.2, 0.25) is 0 Å². The third-order valence-electron chi connectivity index (χ3n) is 2.69. The minimum Gasteiger partial charge on any atom is -0.298 e. The van der Waals surface area contributed by atoms with Crippen molar-refractivity contribution in [3.63, 3.8) is 0 Å². The minimum absolute atomic E-state index is 0. The van der Waals surface area contributed by atoms with E-state index in [1.54, 1.807) is 24.3 Å². The molecule has 1 N–H and O–H groups in total. The highest BCUT2D eigenvalue weighted by Crippen LogP contribution is 2.22. The van der Waals surface area contributed by atoms with Crippen LogP contribution in [0.3, 0.4) is 0 Å². The van der Waals surface area contributed by atoms with Gasteiger partial charge in [0, 0.05) is 13.0 Å². The molecule has 0 saturated heterocycles. The lowest BCUT2D eigenvalue weighted by Gasteiger charge is -2.13. The molecule has 1 aliphatic rings. The van der Waals surface area contributed by atoms with Gasteiger partial charge in [-0.2, -0.15) is 0 Å². The topological polar surface area (TPSA) is 61.2 Å². The molecule has 0 spiro atoms. The van der Waals surface area contributed by atoms with Crippen LogP contribution >= 0.6 is 35.7 Å². The van der Waals surface area contributed by atoms with E-state index >= 15 is 0 Å². The molecule has 2 rings (SSSR count). The molecule has 0 bridgehead atoms. The van der Waals surface area contributed by atoms with Crippen molar-refractivity contribution in [3.8, 4) is 0 Å². The Bertz CT molecular complexity index is 470. The van der Waals surface area contributed by atoms with E-state index in [4.69, 9.17) is 5.41 Å². The lowest BCUT2D eigenvalue weighted by atomic mass is 10.1. The van der Waals surface area contributed by atoms with Crippen molar-refractivity contribution in [1.82, 2.24) is 4.90 Å². The molecule has 1 heterocycles. The average molecular weight is 376 g/mol. The summed E-state index contributed by atoms with van der Waals surface area (Å²) in [6.07, 6.45) is 2.23. The molecule has 2 amide bonds. The van der Waals surface area contributed by atoms with Crippen LogP contribution in [-0.4, -0.2) is 34.6 Å². The van der Waals surface area contributed by atoms with Gasteiger partial charge >= 0.3 is 0 Å². The first-order valence-electron chi connectivity index (χ1n) is 5.21. The summed E-state index contributed by atoms with van der Waals surface area (Å²) in [5.74, 6) is -0.501. The number of halogens is 1. The van der Waals surface area contributed by atoms with E-state index in [1.807, 2.05) is 6.26 Å². The molecule has 0 aliphatic carbocycles. The zero-order valence-corrected chi connectivity index (χ0v) is 13.0. The second-order valence-electron chi connectivity index (χ2n) is 3.68. The number of nitrogens with zero attached hydrogens (tertiary/aromatic N) is 1. The van der Waals surface area contributed by atoms with E-state index < -0.39 is 0 Å². The Hall–Kier alpha value is -0.890. The predicted molar refractivity (Wildman–Crippen MR) is 83.1 cm³/mol. The molecular weight excluding hydrogens is 363 g/mol. The first-order chi connectivity index (χ1) is 8.15. The predicted octanol–water partition coefficient (Wildman–Crippen LogP) is 2.63. The normalized spacial score (nSPS) is 13.3. The van der Waals surface area contributed by atoms with Crippen LogP contribution in [0.1, 0.15) is 27.1 Å². The zero-order valence-electron chi connectivity index (χ0n) is 9.80. The van der Waals surface area contributed by atoms with E-state index in [-0.39, 0.29) is 42.3 Å². The fourth-order valence-electron chi connectivity index (χ4n) is 1.76. The van der Waals surface area contributed by atoms with Crippen molar-refractivity contribution in [3.05, 3.63) is 35.4 Å². The summed E-state index contributed by atoms with van der Waals surface area (Å²) in [6.45, 7) is 0.284. The molecule has 0 unspecified atom stereocenters. The summed E-state index contributed by atoms with van der Waals surface area (Å²) in [5, 5.41) is 7.98. The molecule has 1 aromatic carbocycles. The van der Waals surface area contributed by atoms with Gasteiger partial charge in [-0.1, -0.05) is 12.1 Å². The molecule has 96 valence electrons. The average Bonchev–Trinajstić information content (AvgIpc) is 2.60. The molecule has 0 radical (unpaired) electrons. The highest BCUT2D eigenvalue weighted by atomic mass is 127. The number of carbonyl (C=O) groups excluding carboxylic acids is 2. The Morgan fingerprint density at radius 2 is 1.72 bits per heavy atom. The number of hydrogen-bond donors (Lipinski definition) is 1. The van der Waals surface area contributed by atoms with Gasteiger partial charge in [0.2, 0.25) is 0 Å². The monoisotopic (exact) mass is 376 g/mol. The summed E-state index contributed by atoms with van der Waals surface area (Å²) >= 11 is 1.33. The van der Waals surface area contributed by atoms with Crippen LogP contribution < -0.4 is 0 Å². The van der Waals surface area contributed by atoms with Gasteiger partial charge in [0.25, 0.3) is 11.8 Å². The number of amides is 2. The van der Waals surface area contributed by atoms with Crippen LogP contribution in [0.25, 0.3) is 0 Å². The molecule has 18 heavy (non-hydrogen) atoms. The van der Waals surface area contributed by atoms with Gasteiger partial charge in [-0.25, -0.2) is 0 Å². The third kappa shape index (κ3) is 2.74. The number of thioether (sulfide) groups is 1. The van der Waals surface area contributed by atoms with Crippen LogP contribution in [0, 0.1) is 5.41 Å². The summed E-state index contributed by atoms with van der Waals surface area (Å²) in [4.78, 5) is 25.1. The summed E-state index contributed by atoms with van der Waals surface area (Å²) in [7, 11) is 0. The summed E-state index contributed by atoms with van der Waals surface area (Å²) in [5.41, 5.74) is 0.932. The van der Waals surface area contributed by atoms with Gasteiger partial charge in [0.15, 0.2) is 0 Å². The number of hydrogen-bond acceptors (Lipinski definition) is 4. The van der Waals surface area contributed by atoms with E-state index in [2.05, 4.69) is 0 Å². The molecular formula is C12H13IN2O2S. The minimum atomic E-state index is -0.250. The van der Waals surface area contributed by atoms with Crippen molar-refractivity contribution in [2.45, 2.75) is 6.42 Å². The number of nitrogens with one attached hydrogen (secondary N) is 1. The molecule has 1 aromatic rings. The lowest BCUT2D eigenvalue weighted by molar-refractivity contribution is 0.0659. The second kappa shape index (κ2) is 6.33.